The molecule has 0 fully saturated rings. The summed E-state index contributed by atoms with van der Waals surface area (Å²) in [7, 11) is 4.18. The van der Waals surface area contributed by atoms with E-state index >= 15 is 0 Å². The topological polar surface area (TPSA) is 54.2 Å². The van der Waals surface area contributed by atoms with E-state index in [2.05, 4.69) is 51.3 Å². The van der Waals surface area contributed by atoms with Crippen LogP contribution < -0.4 is 5.32 Å². The van der Waals surface area contributed by atoms with Crippen molar-refractivity contribution in [1.82, 2.24) is 20.4 Å². The highest BCUT2D eigenvalue weighted by molar-refractivity contribution is 7.08. The van der Waals surface area contributed by atoms with Crippen LogP contribution in [0.1, 0.15) is 17.5 Å². The van der Waals surface area contributed by atoms with Gasteiger partial charge in [0.1, 0.15) is 0 Å². The molecule has 0 saturated heterocycles. The van der Waals surface area contributed by atoms with E-state index in [1.807, 2.05) is 16.8 Å². The molecule has 3 rings (SSSR count). The number of hydrogen-bond acceptors (Lipinski definition) is 7. The molecule has 0 aliphatic rings. The van der Waals surface area contributed by atoms with Crippen molar-refractivity contribution in [2.75, 3.05) is 20.6 Å². The number of likely N-dealkylation sites (N-methyl/N-ethyl adjacent to an activating group) is 1. The summed E-state index contributed by atoms with van der Waals surface area (Å²) in [6.45, 7) is 1.41. The first-order valence-electron chi connectivity index (χ1n) is 6.98. The molecule has 0 amide bonds. The summed E-state index contributed by atoms with van der Waals surface area (Å²) in [5, 5.41) is 15.7. The second-order valence-corrected chi connectivity index (χ2v) is 6.75. The third-order valence-corrected chi connectivity index (χ3v) is 4.80. The highest BCUT2D eigenvalue weighted by Crippen LogP contribution is 2.21. The lowest BCUT2D eigenvalue weighted by Gasteiger charge is -2.23. The minimum absolute atomic E-state index is 0.338. The molecule has 7 heteroatoms. The van der Waals surface area contributed by atoms with E-state index in [4.69, 9.17) is 4.52 Å². The van der Waals surface area contributed by atoms with Crippen LogP contribution in [-0.4, -0.2) is 35.7 Å². The first-order valence-corrected chi connectivity index (χ1v) is 8.87. The predicted molar refractivity (Wildman–Crippen MR) is 90.1 cm³/mol. The summed E-state index contributed by atoms with van der Waals surface area (Å²) in [5.74, 6) is 1.27. The molecule has 5 nitrogen and oxygen atoms in total. The number of rotatable bonds is 7. The second kappa shape index (κ2) is 7.15. The lowest BCUT2D eigenvalue weighted by atomic mass is 10.1. The van der Waals surface area contributed by atoms with Gasteiger partial charge in [-0.1, -0.05) is 5.16 Å². The first-order chi connectivity index (χ1) is 10.7. The maximum atomic E-state index is 5.29. The number of aromatic nitrogens is 2. The van der Waals surface area contributed by atoms with Gasteiger partial charge in [0.2, 0.25) is 11.7 Å². The van der Waals surface area contributed by atoms with E-state index in [0.29, 0.717) is 24.3 Å². The highest BCUT2D eigenvalue weighted by atomic mass is 32.1. The minimum atomic E-state index is 0.338. The van der Waals surface area contributed by atoms with Gasteiger partial charge in [-0.2, -0.15) is 27.7 Å². The molecule has 22 heavy (non-hydrogen) atoms. The number of nitrogens with zero attached hydrogens (tertiary/aromatic N) is 3. The highest BCUT2D eigenvalue weighted by Gasteiger charge is 2.15. The van der Waals surface area contributed by atoms with E-state index in [1.54, 1.807) is 22.7 Å². The van der Waals surface area contributed by atoms with Gasteiger partial charge in [0.25, 0.3) is 0 Å². The molecule has 116 valence electrons. The van der Waals surface area contributed by atoms with Crippen molar-refractivity contribution in [2.45, 2.75) is 12.6 Å². The monoisotopic (exact) mass is 334 g/mol. The van der Waals surface area contributed by atoms with Crippen LogP contribution in [-0.2, 0) is 6.54 Å². The smallest absolute Gasteiger partial charge is 0.240 e. The molecule has 0 bridgehead atoms. The van der Waals surface area contributed by atoms with Gasteiger partial charge in [-0.15, -0.1) is 0 Å². The van der Waals surface area contributed by atoms with Crippen LogP contribution in [0.2, 0.25) is 0 Å². The Morgan fingerprint density at radius 1 is 1.23 bits per heavy atom. The average molecular weight is 334 g/mol. The van der Waals surface area contributed by atoms with Crippen LogP contribution in [0.4, 0.5) is 0 Å². The predicted octanol–water partition coefficient (Wildman–Crippen LogP) is 3.25. The first kappa shape index (κ1) is 15.4. The summed E-state index contributed by atoms with van der Waals surface area (Å²) in [4.78, 5) is 6.62. The second-order valence-electron chi connectivity index (χ2n) is 5.19. The number of thiophene rings is 2. The van der Waals surface area contributed by atoms with E-state index in [1.165, 1.54) is 5.56 Å². The Bertz CT molecular complexity index is 676. The molecule has 0 aliphatic carbocycles. The molecule has 0 aromatic carbocycles. The van der Waals surface area contributed by atoms with Crippen LogP contribution in [0.3, 0.4) is 0 Å². The van der Waals surface area contributed by atoms with E-state index < -0.39 is 0 Å². The molecule has 0 spiro atoms. The zero-order valence-electron chi connectivity index (χ0n) is 12.5. The van der Waals surface area contributed by atoms with Gasteiger partial charge < -0.3 is 14.7 Å². The van der Waals surface area contributed by atoms with Crippen molar-refractivity contribution in [1.29, 1.82) is 0 Å². The van der Waals surface area contributed by atoms with Crippen LogP contribution in [0.15, 0.2) is 38.2 Å². The van der Waals surface area contributed by atoms with E-state index in [0.717, 1.165) is 12.1 Å². The Labute approximate surface area is 137 Å². The molecule has 1 atom stereocenters. The summed E-state index contributed by atoms with van der Waals surface area (Å²) >= 11 is 3.35. The number of hydrogen-bond donors (Lipinski definition) is 1. The molecule has 0 unspecified atom stereocenters. The molecule has 1 N–H and O–H groups in total. The van der Waals surface area contributed by atoms with Crippen LogP contribution in [0.5, 0.6) is 0 Å². The van der Waals surface area contributed by atoms with Crippen molar-refractivity contribution >= 4 is 22.7 Å². The molecule has 0 radical (unpaired) electrons. The number of nitrogens with one attached hydrogen (secondary N) is 1. The van der Waals surface area contributed by atoms with Crippen molar-refractivity contribution in [3.8, 4) is 11.4 Å². The zero-order chi connectivity index (χ0) is 15.4. The fraction of sp³-hybridized carbons (Fsp3) is 0.333. The van der Waals surface area contributed by atoms with Crippen molar-refractivity contribution in [3.63, 3.8) is 0 Å². The van der Waals surface area contributed by atoms with Crippen LogP contribution in [0.25, 0.3) is 11.4 Å². The standard InChI is InChI=1S/C15H18N4OS2/c1-19(2)13(11-3-5-21-9-11)7-16-8-14-17-15(18-20-14)12-4-6-22-10-12/h3-6,9-10,13,16H,7-8H2,1-2H3/t13-/m0/s1. The SMILES string of the molecule is CN(C)[C@@H](CNCc1nc(-c2ccsc2)no1)c1ccsc1. The summed E-state index contributed by atoms with van der Waals surface area (Å²) < 4.78 is 5.29. The summed E-state index contributed by atoms with van der Waals surface area (Å²) in [6, 6.07) is 4.49. The fourth-order valence-electron chi connectivity index (χ4n) is 2.21. The lowest BCUT2D eigenvalue weighted by Crippen LogP contribution is -2.30. The normalized spacial score (nSPS) is 12.9. The third kappa shape index (κ3) is 3.61. The van der Waals surface area contributed by atoms with Gasteiger partial charge in [-0.05, 0) is 47.9 Å². The third-order valence-electron chi connectivity index (χ3n) is 3.41. The maximum absolute atomic E-state index is 5.29. The fourth-order valence-corrected chi connectivity index (χ4v) is 3.56. The van der Waals surface area contributed by atoms with Gasteiger partial charge >= 0.3 is 0 Å². The average Bonchev–Trinajstić information content (AvgIpc) is 3.23. The van der Waals surface area contributed by atoms with Crippen LogP contribution >= 0.6 is 22.7 Å². The lowest BCUT2D eigenvalue weighted by molar-refractivity contribution is 0.282. The van der Waals surface area contributed by atoms with Gasteiger partial charge in [0.05, 0.1) is 6.54 Å². The van der Waals surface area contributed by atoms with Crippen molar-refractivity contribution in [2.24, 2.45) is 0 Å². The van der Waals surface area contributed by atoms with Crippen LogP contribution in [0, 0.1) is 0 Å². The maximum Gasteiger partial charge on any atom is 0.240 e. The van der Waals surface area contributed by atoms with Gasteiger partial charge in [-0.3, -0.25) is 0 Å². The van der Waals surface area contributed by atoms with Crippen molar-refractivity contribution < 1.29 is 4.52 Å². The minimum Gasteiger partial charge on any atom is -0.338 e. The molecule has 3 aromatic heterocycles. The molecular weight excluding hydrogens is 316 g/mol. The molecule has 0 saturated carbocycles. The Hall–Kier alpha value is -1.54. The molecule has 0 aliphatic heterocycles. The summed E-state index contributed by atoms with van der Waals surface area (Å²) in [6.07, 6.45) is 0. The largest absolute Gasteiger partial charge is 0.338 e. The molecule has 3 aromatic rings. The Kier molecular flexibility index (Phi) is 4.99. The Balaban J connectivity index is 1.56. The Morgan fingerprint density at radius 3 is 2.73 bits per heavy atom. The van der Waals surface area contributed by atoms with E-state index in [-0.39, 0.29) is 0 Å². The zero-order valence-corrected chi connectivity index (χ0v) is 14.2. The molecular formula is C15H18N4OS2. The Morgan fingerprint density at radius 2 is 2.05 bits per heavy atom. The van der Waals surface area contributed by atoms with E-state index in [9.17, 15) is 0 Å². The molecule has 3 heterocycles. The summed E-state index contributed by atoms with van der Waals surface area (Å²) in [5.41, 5.74) is 2.33. The van der Waals surface area contributed by atoms with Gasteiger partial charge in [0, 0.05) is 23.5 Å². The van der Waals surface area contributed by atoms with Gasteiger partial charge in [0.15, 0.2) is 0 Å². The van der Waals surface area contributed by atoms with Crippen molar-refractivity contribution in [3.05, 3.63) is 45.1 Å². The quantitative estimate of drug-likeness (QED) is 0.719. The van der Waals surface area contributed by atoms with Gasteiger partial charge in [-0.25, -0.2) is 0 Å².